The molecular weight excluding hydrogens is 2150 g/mol. The van der Waals surface area contributed by atoms with Crippen molar-refractivity contribution < 1.29 is 60.3 Å². The Bertz CT molecular complexity index is 7150. The number of pyridine rings is 6. The van der Waals surface area contributed by atoms with Gasteiger partial charge in [-0.1, -0.05) is 325 Å². The summed E-state index contributed by atoms with van der Waals surface area (Å²) in [6, 6.07) is 63.1. The maximum absolute atomic E-state index is 13.7. The first-order valence-corrected chi connectivity index (χ1v) is 49.2. The summed E-state index contributed by atoms with van der Waals surface area (Å²) in [6.07, 6.45) is 12.0. The van der Waals surface area contributed by atoms with Crippen LogP contribution in [0.4, 0.5) is 4.39 Å². The fourth-order valence-corrected chi connectivity index (χ4v) is 16.4. The second kappa shape index (κ2) is 53.0. The van der Waals surface area contributed by atoms with E-state index in [2.05, 4.69) is 60.8 Å². The van der Waals surface area contributed by atoms with Gasteiger partial charge in [0, 0.05) is 184 Å². The molecule has 0 aliphatic heterocycles. The molecule has 0 atom stereocenters. The molecule has 0 spiro atoms. The van der Waals surface area contributed by atoms with Gasteiger partial charge in [-0.05, 0) is 93.9 Å². The van der Waals surface area contributed by atoms with Crippen molar-refractivity contribution in [3.8, 4) is 67.5 Å². The summed E-state index contributed by atoms with van der Waals surface area (Å²) in [5.41, 5.74) is 15.2. The Kier molecular flexibility index (Phi) is 40.1. The van der Waals surface area contributed by atoms with Crippen LogP contribution in [0.25, 0.3) is 67.5 Å². The molecule has 18 rings (SSSR count). The van der Waals surface area contributed by atoms with Gasteiger partial charge in [0.2, 0.25) is 0 Å². The normalized spacial score (nSPS) is 10.8. The molecule has 0 aliphatic rings. The molecule has 24 nitrogen and oxygen atoms in total. The number of nitrogens with zero attached hydrogens (tertiary/aromatic N) is 12. The summed E-state index contributed by atoms with van der Waals surface area (Å²) < 4.78 is 45.4. The molecule has 0 amide bonds. The van der Waals surface area contributed by atoms with Crippen LogP contribution >= 0.6 is 162 Å². The highest BCUT2D eigenvalue weighted by molar-refractivity contribution is 6.39. The molecule has 0 unspecified atom stereocenters. The number of hydrogen-bond acceptors (Lipinski definition) is 24. The van der Waals surface area contributed by atoms with Crippen molar-refractivity contribution in [2.75, 3.05) is 0 Å². The second-order valence-electron chi connectivity index (χ2n) is 32.1. The summed E-state index contributed by atoms with van der Waals surface area (Å²) in [4.78, 5) is 96.8. The molecule has 6 aromatic carbocycles. The standard InChI is InChI=1S/C18H13Cl3N2O2.3C18H14Cl2N2O2.C17H11Cl3N2O2.C17H11Cl2FN2O2/c1-10-2-4-13(15(20)6-10)16-8-12(25-23-16)3-5-17(24)14-7-11(19)9-22-18(14)21;3*1-11-2-4-12(5-3-11)16-9-14(24-22-16)6-7-17(23)15-8-13(19)10-21-18(15)20;18-10-7-13(17(20)21-9-10)16(23)6-5-11-8-15(22-24-11)12-3-1-2-4-14(12)19;18-10-7-13(17(19)21-9-10)16(23)6-5-11-8-15(22-24-11)12-3-1-2-4-14(12)20/h2,4,6-9H,3,5H2,1H3;3*2-5,8-10H,6-7H2,1H3;2*1-4,7-9H,5-6H2. The summed E-state index contributed by atoms with van der Waals surface area (Å²) in [5.74, 6) is 2.26. The number of benzene rings is 6. The first-order valence-electron chi connectivity index (χ1n) is 43.9. The lowest BCUT2D eigenvalue weighted by Gasteiger charge is -2.02. The summed E-state index contributed by atoms with van der Waals surface area (Å²) in [5, 5.41) is 28.3. The molecule has 0 radical (unpaired) electrons. The zero-order chi connectivity index (χ0) is 103. The number of hydrogen-bond donors (Lipinski definition) is 0. The third-order valence-electron chi connectivity index (χ3n) is 21.3. The minimum absolute atomic E-state index is 0.106. The molecule has 0 aliphatic carbocycles. The average Bonchev–Trinajstić information content (AvgIpc) is 1.54. The lowest BCUT2D eigenvalue weighted by atomic mass is 10.1. The molecule has 0 N–H and O–H groups in total. The molecule has 18 aromatic rings. The van der Waals surface area contributed by atoms with Crippen LogP contribution in [-0.2, 0) is 38.5 Å². The minimum Gasteiger partial charge on any atom is -0.361 e. The van der Waals surface area contributed by atoms with E-state index in [1.807, 2.05) is 155 Å². The number of carbonyl (C=O) groups excluding carboxylic acids is 6. The van der Waals surface area contributed by atoms with Gasteiger partial charge < -0.3 is 27.1 Å². The van der Waals surface area contributed by atoms with E-state index in [1.54, 1.807) is 42.5 Å². The SMILES string of the molecule is Cc1ccc(-c2cc(CCC(=O)c3cc(Cl)cnc3Cl)on2)c(Cl)c1.Cc1ccc(-c2cc(CCC(=O)c3cc(Cl)cnc3Cl)on2)cc1.Cc1ccc(-c2cc(CCC(=O)c3cc(Cl)cnc3Cl)on2)cc1.Cc1ccc(-c2cc(CCC(=O)c3cc(Cl)cnc3Cl)on2)cc1.O=C(CCc1cc(-c2ccccc2Cl)no1)c1cc(Cl)cnc1Cl.O=C(CCc1cc(-c2ccccc2F)no1)c1cc(Cl)cnc1Cl. The van der Waals surface area contributed by atoms with Gasteiger partial charge in [-0.3, -0.25) is 28.8 Å². The van der Waals surface area contributed by atoms with E-state index in [0.717, 1.165) is 50.5 Å². The van der Waals surface area contributed by atoms with E-state index in [1.165, 1.54) is 96.3 Å². The van der Waals surface area contributed by atoms with E-state index in [0.29, 0.717) is 164 Å². The Morgan fingerprint density at radius 2 is 0.448 bits per heavy atom. The van der Waals surface area contributed by atoms with E-state index >= 15 is 0 Å². The van der Waals surface area contributed by atoms with Crippen molar-refractivity contribution in [1.82, 2.24) is 60.8 Å². The molecule has 0 saturated heterocycles. The molecule has 12 heterocycles. The van der Waals surface area contributed by atoms with Crippen LogP contribution in [-0.4, -0.2) is 95.5 Å². The van der Waals surface area contributed by atoms with Crippen LogP contribution < -0.4 is 0 Å². The first kappa shape index (κ1) is 110. The van der Waals surface area contributed by atoms with Crippen LogP contribution in [0.1, 0.15) is 157 Å². The lowest BCUT2D eigenvalue weighted by Crippen LogP contribution is -2.03. The zero-order valence-corrected chi connectivity index (χ0v) is 87.2. The number of ketones is 6. The molecule has 738 valence electrons. The lowest BCUT2D eigenvalue weighted by molar-refractivity contribution is 0.0972. The average molecular weight is 2230 g/mol. The fraction of sp³-hybridized carbons (Fsp3) is 0.151. The minimum atomic E-state index is -0.384. The van der Waals surface area contributed by atoms with Crippen LogP contribution in [0.2, 0.25) is 71.1 Å². The highest BCUT2D eigenvalue weighted by Crippen LogP contribution is 2.35. The van der Waals surface area contributed by atoms with E-state index in [4.69, 9.17) is 190 Å². The van der Waals surface area contributed by atoms with Crippen LogP contribution in [0, 0.1) is 33.5 Å². The number of aromatic nitrogens is 12. The summed E-state index contributed by atoms with van der Waals surface area (Å²) in [7, 11) is 0. The number of Topliss-reactive ketones (excluding diaryl/α,β-unsaturated/α-hetero) is 6. The number of aryl methyl sites for hydroxylation is 10. The first-order chi connectivity index (χ1) is 69.6. The van der Waals surface area contributed by atoms with Gasteiger partial charge in [-0.15, -0.1) is 0 Å². The fourth-order valence-electron chi connectivity index (χ4n) is 13.6. The van der Waals surface area contributed by atoms with Gasteiger partial charge in [-0.2, -0.15) is 0 Å². The smallest absolute Gasteiger partial charge is 0.166 e. The Hall–Kier alpha value is -12.5. The summed E-state index contributed by atoms with van der Waals surface area (Å²) >= 11 is 83.1. The predicted octanol–water partition coefficient (Wildman–Crippen LogP) is 31.8. The predicted molar refractivity (Wildman–Crippen MR) is 562 cm³/mol. The second-order valence-corrected chi connectivity index (χ2v) is 37.7. The molecular formula is C106H77Cl14FN12O12. The molecule has 39 heteroatoms. The number of halogens is 15. The third-order valence-corrected chi connectivity index (χ3v) is 25.0. The summed E-state index contributed by atoms with van der Waals surface area (Å²) in [6.45, 7) is 8.05. The molecule has 145 heavy (non-hydrogen) atoms. The van der Waals surface area contributed by atoms with Gasteiger partial charge in [0.15, 0.2) is 34.7 Å². The largest absolute Gasteiger partial charge is 0.361 e. The van der Waals surface area contributed by atoms with Crippen molar-refractivity contribution in [3.05, 3.63) is 417 Å². The van der Waals surface area contributed by atoms with E-state index in [9.17, 15) is 33.2 Å². The van der Waals surface area contributed by atoms with Gasteiger partial charge in [0.05, 0.1) is 73.6 Å². The Morgan fingerprint density at radius 1 is 0.234 bits per heavy atom. The topological polar surface area (TPSA) is 336 Å². The zero-order valence-electron chi connectivity index (χ0n) is 76.6. The molecule has 0 saturated carbocycles. The van der Waals surface area contributed by atoms with Crippen molar-refractivity contribution in [3.63, 3.8) is 0 Å². The van der Waals surface area contributed by atoms with Gasteiger partial charge in [0.1, 0.15) is 105 Å². The van der Waals surface area contributed by atoms with Crippen molar-refractivity contribution in [2.24, 2.45) is 0 Å². The van der Waals surface area contributed by atoms with Crippen molar-refractivity contribution in [2.45, 2.75) is 105 Å². The van der Waals surface area contributed by atoms with Crippen molar-refractivity contribution in [1.29, 1.82) is 0 Å². The van der Waals surface area contributed by atoms with Crippen molar-refractivity contribution >= 4 is 197 Å². The van der Waals surface area contributed by atoms with Gasteiger partial charge in [0.25, 0.3) is 0 Å². The third kappa shape index (κ3) is 32.0. The Balaban J connectivity index is 0.000000146. The molecule has 0 fully saturated rings. The van der Waals surface area contributed by atoms with Crippen LogP contribution in [0.15, 0.2) is 277 Å². The number of rotatable bonds is 30. The molecule has 0 bridgehead atoms. The monoisotopic (exact) mass is 2220 g/mol. The van der Waals surface area contributed by atoms with E-state index < -0.39 is 0 Å². The highest BCUT2D eigenvalue weighted by atomic mass is 35.5. The maximum Gasteiger partial charge on any atom is 0.166 e. The van der Waals surface area contributed by atoms with Gasteiger partial charge in [-0.25, -0.2) is 34.3 Å². The Morgan fingerprint density at radius 3 is 0.697 bits per heavy atom. The molecule has 12 aromatic heterocycles. The van der Waals surface area contributed by atoms with Crippen LogP contribution in [0.3, 0.4) is 0 Å². The van der Waals surface area contributed by atoms with Gasteiger partial charge >= 0.3 is 0 Å². The maximum atomic E-state index is 13.7. The quantitative estimate of drug-likeness (QED) is 0.0298. The van der Waals surface area contributed by atoms with Crippen LogP contribution in [0.5, 0.6) is 0 Å². The highest BCUT2D eigenvalue weighted by Gasteiger charge is 2.24. The Labute approximate surface area is 899 Å². The van der Waals surface area contributed by atoms with E-state index in [-0.39, 0.29) is 116 Å². The number of carbonyl (C=O) groups is 6.